The van der Waals surface area contributed by atoms with Gasteiger partial charge in [-0.2, -0.15) is 0 Å². The van der Waals surface area contributed by atoms with Gasteiger partial charge < -0.3 is 9.64 Å². The number of ether oxygens (including phenoxy) is 1. The van der Waals surface area contributed by atoms with Crippen molar-refractivity contribution in [3.8, 4) is 5.75 Å². The van der Waals surface area contributed by atoms with Crippen molar-refractivity contribution in [3.63, 3.8) is 0 Å². The van der Waals surface area contributed by atoms with Gasteiger partial charge in [-0.3, -0.25) is 9.89 Å². The number of aryl methyl sites for hydroxylation is 1. The molecule has 0 aliphatic carbocycles. The number of aromatic nitrogens is 3. The van der Waals surface area contributed by atoms with Crippen LogP contribution in [0.2, 0.25) is 0 Å². The topological polar surface area (TPSA) is 71.1 Å². The molecule has 6 heteroatoms. The minimum atomic E-state index is -0.260. The second-order valence-corrected chi connectivity index (χ2v) is 4.02. The number of nitrogens with one attached hydrogen (secondary N) is 1. The van der Waals surface area contributed by atoms with E-state index in [1.165, 1.54) is 4.90 Å². The Morgan fingerprint density at radius 1 is 1.47 bits per heavy atom. The molecule has 19 heavy (non-hydrogen) atoms. The van der Waals surface area contributed by atoms with Gasteiger partial charge in [0.2, 0.25) is 5.82 Å². The van der Waals surface area contributed by atoms with Crippen LogP contribution in [0.5, 0.6) is 5.75 Å². The van der Waals surface area contributed by atoms with Crippen molar-refractivity contribution in [2.75, 3.05) is 19.1 Å². The molecule has 1 aromatic carbocycles. The van der Waals surface area contributed by atoms with Gasteiger partial charge in [-0.15, -0.1) is 5.10 Å². The molecule has 0 spiro atoms. The molecule has 0 bridgehead atoms. The maximum Gasteiger partial charge on any atom is 0.297 e. The number of carbonyl (C=O) groups excluding carboxylic acids is 1. The van der Waals surface area contributed by atoms with E-state index >= 15 is 0 Å². The van der Waals surface area contributed by atoms with Gasteiger partial charge >= 0.3 is 0 Å². The zero-order valence-corrected chi connectivity index (χ0v) is 11.2. The molecule has 0 atom stereocenters. The molecule has 1 N–H and O–H groups in total. The number of hydrogen-bond acceptors (Lipinski definition) is 4. The first-order valence-corrected chi connectivity index (χ1v) is 5.99. The summed E-state index contributed by atoms with van der Waals surface area (Å²) in [5, 5.41) is 6.65. The molecule has 2 aromatic rings. The van der Waals surface area contributed by atoms with E-state index in [4.69, 9.17) is 4.74 Å². The number of methoxy groups -OCH3 is 1. The Balaban J connectivity index is 2.22. The second-order valence-electron chi connectivity index (χ2n) is 4.02. The quantitative estimate of drug-likeness (QED) is 0.907. The SMILES string of the molecule is CCc1nc(C(=O)N(C)c2cccc(OC)c2)n[nH]1. The number of rotatable bonds is 4. The molecule has 100 valence electrons. The van der Waals surface area contributed by atoms with Crippen molar-refractivity contribution in [3.05, 3.63) is 35.9 Å². The van der Waals surface area contributed by atoms with Crippen LogP contribution in [-0.2, 0) is 6.42 Å². The molecule has 0 aliphatic heterocycles. The third-order valence-corrected chi connectivity index (χ3v) is 2.80. The predicted octanol–water partition coefficient (Wildman–Crippen LogP) is 1.65. The van der Waals surface area contributed by atoms with Gasteiger partial charge in [0.25, 0.3) is 5.91 Å². The van der Waals surface area contributed by atoms with Crippen LogP contribution in [0.1, 0.15) is 23.4 Å². The van der Waals surface area contributed by atoms with Crippen molar-refractivity contribution in [1.82, 2.24) is 15.2 Å². The summed E-state index contributed by atoms with van der Waals surface area (Å²) >= 11 is 0. The first-order valence-electron chi connectivity index (χ1n) is 5.99. The highest BCUT2D eigenvalue weighted by Crippen LogP contribution is 2.20. The molecule has 1 aromatic heterocycles. The maximum absolute atomic E-state index is 12.2. The number of hydrogen-bond donors (Lipinski definition) is 1. The molecule has 0 fully saturated rings. The van der Waals surface area contributed by atoms with E-state index < -0.39 is 0 Å². The highest BCUT2D eigenvalue weighted by atomic mass is 16.5. The molecule has 1 amide bonds. The number of nitrogens with zero attached hydrogens (tertiary/aromatic N) is 3. The molecule has 6 nitrogen and oxygen atoms in total. The summed E-state index contributed by atoms with van der Waals surface area (Å²) in [6.07, 6.45) is 0.711. The van der Waals surface area contributed by atoms with Crippen LogP contribution in [0.3, 0.4) is 0 Å². The number of aromatic amines is 1. The Morgan fingerprint density at radius 2 is 2.26 bits per heavy atom. The molecular weight excluding hydrogens is 244 g/mol. The zero-order valence-electron chi connectivity index (χ0n) is 11.2. The lowest BCUT2D eigenvalue weighted by molar-refractivity contribution is 0.0983. The highest BCUT2D eigenvalue weighted by molar-refractivity contribution is 6.03. The van der Waals surface area contributed by atoms with Gasteiger partial charge in [-0.05, 0) is 12.1 Å². The third kappa shape index (κ3) is 2.73. The average Bonchev–Trinajstić information content (AvgIpc) is 2.94. The number of anilines is 1. The minimum Gasteiger partial charge on any atom is -0.497 e. The number of carbonyl (C=O) groups is 1. The molecule has 0 saturated carbocycles. The monoisotopic (exact) mass is 260 g/mol. The van der Waals surface area contributed by atoms with E-state index in [1.54, 1.807) is 20.2 Å². The van der Waals surface area contributed by atoms with E-state index in [0.29, 0.717) is 18.0 Å². The average molecular weight is 260 g/mol. The minimum absolute atomic E-state index is 0.169. The van der Waals surface area contributed by atoms with Crippen LogP contribution in [0, 0.1) is 0 Å². The summed E-state index contributed by atoms with van der Waals surface area (Å²) in [7, 11) is 3.27. The van der Waals surface area contributed by atoms with Crippen LogP contribution >= 0.6 is 0 Å². The van der Waals surface area contributed by atoms with Crippen molar-refractivity contribution >= 4 is 11.6 Å². The second kappa shape index (κ2) is 5.51. The lowest BCUT2D eigenvalue weighted by Gasteiger charge is -2.16. The molecule has 2 rings (SSSR count). The summed E-state index contributed by atoms with van der Waals surface area (Å²) in [6, 6.07) is 7.26. The summed E-state index contributed by atoms with van der Waals surface area (Å²) in [4.78, 5) is 17.8. The van der Waals surface area contributed by atoms with Crippen LogP contribution in [0.25, 0.3) is 0 Å². The fourth-order valence-electron chi connectivity index (χ4n) is 1.64. The van der Waals surface area contributed by atoms with E-state index in [2.05, 4.69) is 15.2 Å². The van der Waals surface area contributed by atoms with E-state index in [9.17, 15) is 4.79 Å². The summed E-state index contributed by atoms with van der Waals surface area (Å²) in [6.45, 7) is 1.94. The highest BCUT2D eigenvalue weighted by Gasteiger charge is 2.18. The fourth-order valence-corrected chi connectivity index (χ4v) is 1.64. The molecule has 0 saturated heterocycles. The van der Waals surface area contributed by atoms with E-state index in [-0.39, 0.29) is 11.7 Å². The first-order chi connectivity index (χ1) is 9.15. The van der Waals surface area contributed by atoms with Crippen LogP contribution in [0.15, 0.2) is 24.3 Å². The van der Waals surface area contributed by atoms with Crippen LogP contribution in [0.4, 0.5) is 5.69 Å². The largest absolute Gasteiger partial charge is 0.497 e. The van der Waals surface area contributed by atoms with Gasteiger partial charge in [-0.25, -0.2) is 4.98 Å². The van der Waals surface area contributed by atoms with Crippen LogP contribution in [-0.4, -0.2) is 35.2 Å². The number of H-pyrrole nitrogens is 1. The molecule has 0 unspecified atom stereocenters. The van der Waals surface area contributed by atoms with Gasteiger partial charge in [0.1, 0.15) is 11.6 Å². The van der Waals surface area contributed by atoms with Crippen molar-refractivity contribution in [2.45, 2.75) is 13.3 Å². The van der Waals surface area contributed by atoms with Gasteiger partial charge in [0.05, 0.1) is 7.11 Å². The van der Waals surface area contributed by atoms with Crippen molar-refractivity contribution in [2.24, 2.45) is 0 Å². The fraction of sp³-hybridized carbons (Fsp3) is 0.308. The zero-order chi connectivity index (χ0) is 13.8. The molecule has 1 heterocycles. The lowest BCUT2D eigenvalue weighted by Crippen LogP contribution is -2.27. The lowest BCUT2D eigenvalue weighted by atomic mass is 10.2. The summed E-state index contributed by atoms with van der Waals surface area (Å²) < 4.78 is 5.14. The van der Waals surface area contributed by atoms with E-state index in [1.807, 2.05) is 25.1 Å². The van der Waals surface area contributed by atoms with E-state index in [0.717, 1.165) is 5.69 Å². The molecule has 0 radical (unpaired) electrons. The number of amides is 1. The molecular formula is C13H16N4O2. The Labute approximate surface area is 111 Å². The Bertz CT molecular complexity index is 580. The Kier molecular flexibility index (Phi) is 3.79. The smallest absolute Gasteiger partial charge is 0.297 e. The van der Waals surface area contributed by atoms with Gasteiger partial charge in [0.15, 0.2) is 0 Å². The van der Waals surface area contributed by atoms with Crippen molar-refractivity contribution < 1.29 is 9.53 Å². The standard InChI is InChI=1S/C13H16N4O2/c1-4-11-14-12(16-15-11)13(18)17(2)9-6-5-7-10(8-9)19-3/h5-8H,4H2,1-3H3,(H,14,15,16). The Morgan fingerprint density at radius 3 is 2.89 bits per heavy atom. The molecule has 0 aliphatic rings. The normalized spacial score (nSPS) is 10.3. The Hall–Kier alpha value is -2.37. The first kappa shape index (κ1) is 13.1. The third-order valence-electron chi connectivity index (χ3n) is 2.80. The predicted molar refractivity (Wildman–Crippen MR) is 71.5 cm³/mol. The van der Waals surface area contributed by atoms with Gasteiger partial charge in [0, 0.05) is 25.2 Å². The van der Waals surface area contributed by atoms with Crippen LogP contribution < -0.4 is 9.64 Å². The number of benzene rings is 1. The maximum atomic E-state index is 12.2. The van der Waals surface area contributed by atoms with Crippen molar-refractivity contribution in [1.29, 1.82) is 0 Å². The summed E-state index contributed by atoms with van der Waals surface area (Å²) in [5.74, 6) is 1.30. The van der Waals surface area contributed by atoms with Gasteiger partial charge in [-0.1, -0.05) is 13.0 Å². The summed E-state index contributed by atoms with van der Waals surface area (Å²) in [5.41, 5.74) is 0.729.